The average Bonchev–Trinajstić information content (AvgIpc) is 2.84. The molecule has 0 aromatic heterocycles. The maximum absolute atomic E-state index is 13.9. The van der Waals surface area contributed by atoms with E-state index in [-0.39, 0.29) is 29.6 Å². The van der Waals surface area contributed by atoms with Crippen LogP contribution >= 0.6 is 23.2 Å². The van der Waals surface area contributed by atoms with Gasteiger partial charge >= 0.3 is 0 Å². The number of rotatable bonds is 10. The van der Waals surface area contributed by atoms with Gasteiger partial charge in [-0.05, 0) is 36.2 Å². The van der Waals surface area contributed by atoms with Crippen LogP contribution in [0.25, 0.3) is 0 Å². The average molecular weight is 563 g/mol. The Hall–Kier alpha value is -3.07. The Morgan fingerprint density at radius 2 is 1.62 bits per heavy atom. The van der Waals surface area contributed by atoms with Gasteiger partial charge in [-0.15, -0.1) is 0 Å². The summed E-state index contributed by atoms with van der Waals surface area (Å²) in [5.74, 6) is -0.914. The van der Waals surface area contributed by atoms with Gasteiger partial charge in [0, 0.05) is 25.0 Å². The van der Waals surface area contributed by atoms with Crippen molar-refractivity contribution in [3.63, 3.8) is 0 Å². The highest BCUT2D eigenvalue weighted by Crippen LogP contribution is 2.30. The zero-order chi connectivity index (χ0) is 27.2. The van der Waals surface area contributed by atoms with E-state index in [0.29, 0.717) is 5.02 Å². The number of carbonyl (C=O) groups excluding carboxylic acids is 2. The van der Waals surface area contributed by atoms with E-state index in [2.05, 4.69) is 5.32 Å². The number of carbonyl (C=O) groups is 2. The summed E-state index contributed by atoms with van der Waals surface area (Å²) in [6.45, 7) is 1.50. The van der Waals surface area contributed by atoms with Gasteiger partial charge in [0.05, 0.1) is 17.0 Å². The minimum Gasteiger partial charge on any atom is -0.357 e. The lowest BCUT2D eigenvalue weighted by atomic mass is 10.0. The number of nitrogens with zero attached hydrogens (tertiary/aromatic N) is 2. The minimum absolute atomic E-state index is 0.0862. The maximum Gasteiger partial charge on any atom is 0.244 e. The molecule has 1 atom stereocenters. The van der Waals surface area contributed by atoms with Crippen molar-refractivity contribution in [2.24, 2.45) is 0 Å². The summed E-state index contributed by atoms with van der Waals surface area (Å²) < 4.78 is 26.5. The number of benzene rings is 3. The molecular weight excluding hydrogens is 533 g/mol. The van der Waals surface area contributed by atoms with Gasteiger partial charge in [0.25, 0.3) is 0 Å². The van der Waals surface area contributed by atoms with Crippen LogP contribution in [-0.4, -0.2) is 51.0 Å². The standard InChI is InChI=1S/C27H29Cl2N3O4S/c1-19-8-7-11-21(14-19)17-31(25(27(34)30-2)15-20-9-5-4-6-10-20)26(33)18-32(37(3,35)36)24-13-12-22(28)16-23(24)29/h4-14,16,25H,15,17-18H2,1-3H3,(H,30,34)/t25-/m0/s1. The fraction of sp³-hybridized carbons (Fsp3) is 0.259. The molecule has 0 fully saturated rings. The van der Waals surface area contributed by atoms with Gasteiger partial charge < -0.3 is 10.2 Å². The number of amides is 2. The van der Waals surface area contributed by atoms with Crippen molar-refractivity contribution in [2.75, 3.05) is 24.2 Å². The predicted molar refractivity (Wildman–Crippen MR) is 148 cm³/mol. The minimum atomic E-state index is -3.91. The molecule has 1 N–H and O–H groups in total. The molecule has 0 spiro atoms. The number of hydrogen-bond donors (Lipinski definition) is 1. The van der Waals surface area contributed by atoms with Crippen LogP contribution in [0.3, 0.4) is 0 Å². The monoisotopic (exact) mass is 561 g/mol. The number of nitrogens with one attached hydrogen (secondary N) is 1. The van der Waals surface area contributed by atoms with Crippen molar-refractivity contribution in [1.29, 1.82) is 0 Å². The molecule has 0 radical (unpaired) electrons. The van der Waals surface area contributed by atoms with Crippen LogP contribution in [0.15, 0.2) is 72.8 Å². The molecular formula is C27H29Cl2N3O4S. The third-order valence-electron chi connectivity index (χ3n) is 5.81. The molecule has 0 bridgehead atoms. The number of hydrogen-bond acceptors (Lipinski definition) is 4. The van der Waals surface area contributed by atoms with E-state index in [1.165, 1.54) is 30.1 Å². The molecule has 0 saturated heterocycles. The fourth-order valence-electron chi connectivity index (χ4n) is 4.01. The fourth-order valence-corrected chi connectivity index (χ4v) is 5.43. The van der Waals surface area contributed by atoms with E-state index in [1.807, 2.05) is 61.5 Å². The molecule has 0 saturated carbocycles. The first-order chi connectivity index (χ1) is 17.5. The summed E-state index contributed by atoms with van der Waals surface area (Å²) in [6.07, 6.45) is 1.24. The van der Waals surface area contributed by atoms with Gasteiger partial charge in [-0.2, -0.15) is 0 Å². The molecule has 3 aromatic rings. The lowest BCUT2D eigenvalue weighted by molar-refractivity contribution is -0.139. The Labute approximate surface area is 228 Å². The second kappa shape index (κ2) is 12.4. The Balaban J connectivity index is 2.05. The van der Waals surface area contributed by atoms with E-state index < -0.39 is 28.5 Å². The molecule has 3 aromatic carbocycles. The first kappa shape index (κ1) is 28.5. The summed E-state index contributed by atoms with van der Waals surface area (Å²) in [5, 5.41) is 3.06. The molecule has 7 nitrogen and oxygen atoms in total. The van der Waals surface area contributed by atoms with E-state index in [4.69, 9.17) is 23.2 Å². The van der Waals surface area contributed by atoms with Crippen molar-refractivity contribution in [3.8, 4) is 0 Å². The summed E-state index contributed by atoms with van der Waals surface area (Å²) >= 11 is 12.3. The quantitative estimate of drug-likeness (QED) is 0.396. The molecule has 10 heteroatoms. The van der Waals surface area contributed by atoms with E-state index in [9.17, 15) is 18.0 Å². The van der Waals surface area contributed by atoms with Crippen LogP contribution in [0.1, 0.15) is 16.7 Å². The van der Waals surface area contributed by atoms with E-state index in [1.54, 1.807) is 0 Å². The van der Waals surface area contributed by atoms with Gasteiger partial charge in [-0.3, -0.25) is 13.9 Å². The van der Waals surface area contributed by atoms with E-state index in [0.717, 1.165) is 27.3 Å². The van der Waals surface area contributed by atoms with Crippen LogP contribution in [0.2, 0.25) is 10.0 Å². The van der Waals surface area contributed by atoms with Gasteiger partial charge in [-0.1, -0.05) is 83.4 Å². The van der Waals surface area contributed by atoms with Crippen molar-refractivity contribution in [3.05, 3.63) is 99.5 Å². The third kappa shape index (κ3) is 7.71. The normalized spacial score (nSPS) is 12.0. The van der Waals surface area contributed by atoms with Crippen LogP contribution < -0.4 is 9.62 Å². The molecule has 0 aliphatic heterocycles. The molecule has 0 aliphatic rings. The maximum atomic E-state index is 13.9. The Morgan fingerprint density at radius 1 is 0.946 bits per heavy atom. The number of likely N-dealkylation sites (N-methyl/N-ethyl adjacent to an activating group) is 1. The van der Waals surface area contributed by atoms with Crippen molar-refractivity contribution < 1.29 is 18.0 Å². The molecule has 3 rings (SSSR count). The van der Waals surface area contributed by atoms with E-state index >= 15 is 0 Å². The summed E-state index contributed by atoms with van der Waals surface area (Å²) in [5.41, 5.74) is 2.79. The lowest BCUT2D eigenvalue weighted by Crippen LogP contribution is -2.52. The first-order valence-corrected chi connectivity index (χ1v) is 14.1. The van der Waals surface area contributed by atoms with Crippen LogP contribution in [0.5, 0.6) is 0 Å². The number of halogens is 2. The first-order valence-electron chi connectivity index (χ1n) is 11.5. The Morgan fingerprint density at radius 3 is 2.22 bits per heavy atom. The van der Waals surface area contributed by atoms with Crippen LogP contribution in [0.4, 0.5) is 5.69 Å². The van der Waals surface area contributed by atoms with Gasteiger partial charge in [0.2, 0.25) is 21.8 Å². The number of anilines is 1. The molecule has 196 valence electrons. The predicted octanol–water partition coefficient (Wildman–Crippen LogP) is 4.45. The second-order valence-corrected chi connectivity index (χ2v) is 11.4. The van der Waals surface area contributed by atoms with Crippen molar-refractivity contribution in [2.45, 2.75) is 25.9 Å². The topological polar surface area (TPSA) is 86.8 Å². The largest absolute Gasteiger partial charge is 0.357 e. The summed E-state index contributed by atoms with van der Waals surface area (Å²) in [4.78, 5) is 28.4. The highest BCUT2D eigenvalue weighted by Gasteiger charge is 2.33. The van der Waals surface area contributed by atoms with Gasteiger partial charge in [0.15, 0.2) is 0 Å². The highest BCUT2D eigenvalue weighted by atomic mass is 35.5. The van der Waals surface area contributed by atoms with Crippen LogP contribution in [-0.2, 0) is 32.6 Å². The Bertz CT molecular complexity index is 1370. The van der Waals surface area contributed by atoms with Crippen molar-refractivity contribution in [1.82, 2.24) is 10.2 Å². The lowest BCUT2D eigenvalue weighted by Gasteiger charge is -2.33. The SMILES string of the molecule is CNC(=O)[C@H](Cc1ccccc1)N(Cc1cccc(C)c1)C(=O)CN(c1ccc(Cl)cc1Cl)S(C)(=O)=O. The number of sulfonamides is 1. The van der Waals surface area contributed by atoms with Crippen molar-refractivity contribution >= 4 is 50.7 Å². The zero-order valence-electron chi connectivity index (χ0n) is 20.8. The molecule has 0 aliphatic carbocycles. The summed E-state index contributed by atoms with van der Waals surface area (Å²) in [6, 6.07) is 20.4. The highest BCUT2D eigenvalue weighted by molar-refractivity contribution is 7.92. The smallest absolute Gasteiger partial charge is 0.244 e. The molecule has 0 unspecified atom stereocenters. The number of aryl methyl sites for hydroxylation is 1. The molecule has 2 amide bonds. The zero-order valence-corrected chi connectivity index (χ0v) is 23.1. The van der Waals surface area contributed by atoms with Crippen LogP contribution in [0, 0.1) is 6.92 Å². The Kier molecular flexibility index (Phi) is 9.59. The van der Waals surface area contributed by atoms with Gasteiger partial charge in [-0.25, -0.2) is 8.42 Å². The molecule has 37 heavy (non-hydrogen) atoms. The molecule has 0 heterocycles. The van der Waals surface area contributed by atoms with Gasteiger partial charge in [0.1, 0.15) is 12.6 Å². The third-order valence-corrected chi connectivity index (χ3v) is 7.47. The summed E-state index contributed by atoms with van der Waals surface area (Å²) in [7, 11) is -2.41. The second-order valence-electron chi connectivity index (χ2n) is 8.70.